The van der Waals surface area contributed by atoms with Crippen molar-refractivity contribution in [3.8, 4) is 16.9 Å². The van der Waals surface area contributed by atoms with Crippen LogP contribution in [0.3, 0.4) is 0 Å². The topological polar surface area (TPSA) is 52.3 Å². The number of nitrogens with two attached hydrogens (primary N) is 1. The highest BCUT2D eigenvalue weighted by atomic mass is 16.5. The molecule has 3 nitrogen and oxygen atoms in total. The third-order valence-corrected chi connectivity index (χ3v) is 4.03. The Hall–Kier alpha value is -2.81. The number of fused-ring (bicyclic) bond motifs is 5. The van der Waals surface area contributed by atoms with E-state index in [0.717, 1.165) is 33.2 Å². The summed E-state index contributed by atoms with van der Waals surface area (Å²) >= 11 is 0. The number of nitrogen functional groups attached to an aromatic ring is 1. The summed E-state index contributed by atoms with van der Waals surface area (Å²) < 4.78 is 5.26. The molecule has 0 radical (unpaired) electrons. The number of rotatable bonds is 1. The summed E-state index contributed by atoms with van der Waals surface area (Å²) in [7, 11) is 1.65. The van der Waals surface area contributed by atoms with E-state index in [1.165, 1.54) is 0 Å². The van der Waals surface area contributed by atoms with Gasteiger partial charge in [0.15, 0.2) is 5.78 Å². The molecule has 0 spiro atoms. The number of methoxy groups -OCH3 is 1. The van der Waals surface area contributed by atoms with Crippen LogP contribution in [0.25, 0.3) is 21.9 Å². The van der Waals surface area contributed by atoms with Crippen LogP contribution in [0.2, 0.25) is 0 Å². The summed E-state index contributed by atoms with van der Waals surface area (Å²) in [6, 6.07) is 15.3. The van der Waals surface area contributed by atoms with E-state index in [2.05, 4.69) is 0 Å². The fourth-order valence-corrected chi connectivity index (χ4v) is 3.03. The van der Waals surface area contributed by atoms with Gasteiger partial charge in [0, 0.05) is 22.4 Å². The molecule has 1 aliphatic carbocycles. The maximum Gasteiger partial charge on any atom is 0.194 e. The van der Waals surface area contributed by atoms with Gasteiger partial charge in [-0.15, -0.1) is 0 Å². The molecule has 0 bridgehead atoms. The number of ether oxygens (including phenoxy) is 1. The van der Waals surface area contributed by atoms with Gasteiger partial charge >= 0.3 is 0 Å². The van der Waals surface area contributed by atoms with Gasteiger partial charge in [0.2, 0.25) is 0 Å². The molecule has 0 atom stereocenters. The number of carbonyl (C=O) groups is 1. The molecular weight excluding hydrogens is 262 g/mol. The van der Waals surface area contributed by atoms with Crippen LogP contribution in [-0.4, -0.2) is 12.9 Å². The van der Waals surface area contributed by atoms with E-state index in [9.17, 15) is 4.79 Å². The second kappa shape index (κ2) is 4.09. The minimum absolute atomic E-state index is 0.0463. The van der Waals surface area contributed by atoms with Gasteiger partial charge in [-0.3, -0.25) is 4.79 Å². The van der Waals surface area contributed by atoms with Crippen LogP contribution >= 0.6 is 0 Å². The smallest absolute Gasteiger partial charge is 0.194 e. The van der Waals surface area contributed by atoms with Gasteiger partial charge in [-0.25, -0.2) is 0 Å². The third kappa shape index (κ3) is 1.57. The molecule has 0 heterocycles. The fourth-order valence-electron chi connectivity index (χ4n) is 3.03. The van der Waals surface area contributed by atoms with Crippen LogP contribution in [0.15, 0.2) is 48.5 Å². The molecule has 4 rings (SSSR count). The lowest BCUT2D eigenvalue weighted by atomic mass is 9.97. The number of hydrogen-bond donors (Lipinski definition) is 1. The number of anilines is 1. The van der Waals surface area contributed by atoms with Crippen LogP contribution in [0.5, 0.6) is 5.75 Å². The zero-order chi connectivity index (χ0) is 14.6. The molecule has 102 valence electrons. The average molecular weight is 275 g/mol. The van der Waals surface area contributed by atoms with Crippen molar-refractivity contribution < 1.29 is 9.53 Å². The zero-order valence-corrected chi connectivity index (χ0v) is 11.5. The predicted molar refractivity (Wildman–Crippen MR) is 83.8 cm³/mol. The highest BCUT2D eigenvalue weighted by molar-refractivity contribution is 6.26. The quantitative estimate of drug-likeness (QED) is 0.539. The van der Waals surface area contributed by atoms with Crippen LogP contribution in [0.4, 0.5) is 5.69 Å². The van der Waals surface area contributed by atoms with Crippen LogP contribution < -0.4 is 10.5 Å². The highest BCUT2D eigenvalue weighted by Gasteiger charge is 2.28. The Kier molecular flexibility index (Phi) is 2.33. The molecule has 0 amide bonds. The largest absolute Gasteiger partial charge is 0.497 e. The number of ketones is 1. The van der Waals surface area contributed by atoms with E-state index >= 15 is 0 Å². The van der Waals surface area contributed by atoms with Crippen molar-refractivity contribution in [1.82, 2.24) is 0 Å². The van der Waals surface area contributed by atoms with E-state index in [1.807, 2.05) is 42.5 Å². The van der Waals surface area contributed by atoms with E-state index in [1.54, 1.807) is 13.2 Å². The Balaban J connectivity index is 2.09. The summed E-state index contributed by atoms with van der Waals surface area (Å²) in [4.78, 5) is 12.5. The normalized spacial score (nSPS) is 12.3. The summed E-state index contributed by atoms with van der Waals surface area (Å²) in [6.07, 6.45) is 0. The van der Waals surface area contributed by atoms with Crippen molar-refractivity contribution in [1.29, 1.82) is 0 Å². The molecule has 3 aromatic rings. The van der Waals surface area contributed by atoms with E-state index in [4.69, 9.17) is 10.5 Å². The van der Waals surface area contributed by atoms with Gasteiger partial charge in [-0.2, -0.15) is 0 Å². The highest BCUT2D eigenvalue weighted by Crippen LogP contribution is 2.42. The number of carbonyl (C=O) groups excluding carboxylic acids is 1. The Bertz CT molecular complexity index is 912. The lowest BCUT2D eigenvalue weighted by Crippen LogP contribution is -1.96. The molecule has 1 aliphatic rings. The fraction of sp³-hybridized carbons (Fsp3) is 0.0556. The minimum atomic E-state index is 0.0463. The van der Waals surface area contributed by atoms with Crippen LogP contribution in [-0.2, 0) is 0 Å². The Morgan fingerprint density at radius 3 is 2.52 bits per heavy atom. The van der Waals surface area contributed by atoms with Crippen molar-refractivity contribution in [2.24, 2.45) is 0 Å². The monoisotopic (exact) mass is 275 g/mol. The van der Waals surface area contributed by atoms with Gasteiger partial charge in [0.25, 0.3) is 0 Å². The predicted octanol–water partition coefficient (Wildman–Crippen LogP) is 3.64. The van der Waals surface area contributed by atoms with Gasteiger partial charge in [-0.1, -0.05) is 18.2 Å². The third-order valence-electron chi connectivity index (χ3n) is 4.03. The van der Waals surface area contributed by atoms with E-state index < -0.39 is 0 Å². The minimum Gasteiger partial charge on any atom is -0.497 e. The van der Waals surface area contributed by atoms with Crippen molar-refractivity contribution in [3.63, 3.8) is 0 Å². The summed E-state index contributed by atoms with van der Waals surface area (Å²) in [5.74, 6) is 0.856. The van der Waals surface area contributed by atoms with Crippen molar-refractivity contribution >= 4 is 22.2 Å². The van der Waals surface area contributed by atoms with Gasteiger partial charge in [-0.05, 0) is 46.7 Å². The summed E-state index contributed by atoms with van der Waals surface area (Å²) in [5.41, 5.74) is 9.81. The zero-order valence-electron chi connectivity index (χ0n) is 11.5. The molecule has 3 heteroatoms. The molecule has 0 aliphatic heterocycles. The Morgan fingerprint density at radius 1 is 0.905 bits per heavy atom. The SMILES string of the molecule is COc1ccc2c3c(ccc2c1)C(=O)c1cc(N)ccc1-3. The first kappa shape index (κ1) is 12.0. The van der Waals surface area contributed by atoms with Gasteiger partial charge < -0.3 is 10.5 Å². The Morgan fingerprint density at radius 2 is 1.71 bits per heavy atom. The second-order valence-corrected chi connectivity index (χ2v) is 5.21. The molecule has 0 fully saturated rings. The molecule has 0 saturated heterocycles. The first-order valence-corrected chi connectivity index (χ1v) is 6.74. The molecule has 0 aromatic heterocycles. The van der Waals surface area contributed by atoms with Crippen molar-refractivity contribution in [3.05, 3.63) is 59.7 Å². The lowest BCUT2D eigenvalue weighted by molar-refractivity contribution is 0.104. The lowest BCUT2D eigenvalue weighted by Gasteiger charge is -2.08. The average Bonchev–Trinajstić information content (AvgIpc) is 2.79. The van der Waals surface area contributed by atoms with Crippen molar-refractivity contribution in [2.75, 3.05) is 12.8 Å². The second-order valence-electron chi connectivity index (χ2n) is 5.21. The molecule has 21 heavy (non-hydrogen) atoms. The van der Waals surface area contributed by atoms with E-state index in [-0.39, 0.29) is 5.78 Å². The summed E-state index contributed by atoms with van der Waals surface area (Å²) in [6.45, 7) is 0. The van der Waals surface area contributed by atoms with Crippen molar-refractivity contribution in [2.45, 2.75) is 0 Å². The maximum absolute atomic E-state index is 12.5. The molecule has 0 saturated carbocycles. The molecular formula is C18H13NO2. The first-order chi connectivity index (χ1) is 10.2. The first-order valence-electron chi connectivity index (χ1n) is 6.74. The van der Waals surface area contributed by atoms with E-state index in [0.29, 0.717) is 11.3 Å². The van der Waals surface area contributed by atoms with Crippen LogP contribution in [0, 0.1) is 0 Å². The molecule has 2 N–H and O–H groups in total. The summed E-state index contributed by atoms with van der Waals surface area (Å²) in [5, 5.41) is 2.12. The standard InChI is InChI=1S/C18H13NO2/c1-21-12-4-7-13-10(8-12)2-5-15-17(13)14-6-3-11(19)9-16(14)18(15)20/h2-9H,19H2,1H3. The molecule has 0 unspecified atom stereocenters. The van der Waals surface area contributed by atoms with Gasteiger partial charge in [0.1, 0.15) is 5.75 Å². The molecule has 3 aromatic carbocycles. The Labute approximate surface area is 122 Å². The number of benzene rings is 3. The van der Waals surface area contributed by atoms with Gasteiger partial charge in [0.05, 0.1) is 7.11 Å². The van der Waals surface area contributed by atoms with Crippen LogP contribution in [0.1, 0.15) is 15.9 Å². The number of hydrogen-bond acceptors (Lipinski definition) is 3. The maximum atomic E-state index is 12.5.